The van der Waals surface area contributed by atoms with Crippen LogP contribution in [0.1, 0.15) is 39.1 Å². The number of benzene rings is 2. The zero-order valence-electron chi connectivity index (χ0n) is 15.5. The van der Waals surface area contributed by atoms with Crippen molar-refractivity contribution in [2.24, 2.45) is 0 Å². The van der Waals surface area contributed by atoms with Gasteiger partial charge >= 0.3 is 5.97 Å². The van der Waals surface area contributed by atoms with Crippen LogP contribution in [0.3, 0.4) is 0 Å². The fraction of sp³-hybridized carbons (Fsp3) is 0.300. The van der Waals surface area contributed by atoms with Gasteiger partial charge in [0.1, 0.15) is 12.2 Å². The molecular weight excluding hydrogens is 380 g/mol. The van der Waals surface area contributed by atoms with E-state index >= 15 is 0 Å². The lowest BCUT2D eigenvalue weighted by Crippen LogP contribution is -2.27. The summed E-state index contributed by atoms with van der Waals surface area (Å²) in [6, 6.07) is 9.17. The van der Waals surface area contributed by atoms with E-state index in [0.29, 0.717) is 11.1 Å². The number of fused-ring (bicyclic) bond motifs is 1. The van der Waals surface area contributed by atoms with Crippen LogP contribution >= 0.6 is 0 Å². The number of nitro benzene ring substituents is 1. The monoisotopic (exact) mass is 398 g/mol. The number of nitrogens with zero attached hydrogens (tertiary/aromatic N) is 2. The van der Waals surface area contributed by atoms with Crippen LogP contribution in [0.5, 0.6) is 11.5 Å². The summed E-state index contributed by atoms with van der Waals surface area (Å²) < 4.78 is 15.5. The van der Waals surface area contributed by atoms with Crippen molar-refractivity contribution in [2.75, 3.05) is 19.9 Å². The smallest absolute Gasteiger partial charge is 0.345 e. The second-order valence-corrected chi connectivity index (χ2v) is 6.75. The molecule has 1 fully saturated rings. The third kappa shape index (κ3) is 3.84. The molecule has 0 N–H and O–H groups in total. The summed E-state index contributed by atoms with van der Waals surface area (Å²) >= 11 is 0. The number of ether oxygens (including phenoxy) is 3. The summed E-state index contributed by atoms with van der Waals surface area (Å²) in [4.78, 5) is 37.2. The Balaban J connectivity index is 1.43. The van der Waals surface area contributed by atoms with Crippen LogP contribution in [0.25, 0.3) is 0 Å². The highest BCUT2D eigenvalue weighted by molar-refractivity contribution is 5.95. The molecule has 9 heteroatoms. The molecule has 150 valence electrons. The van der Waals surface area contributed by atoms with E-state index in [4.69, 9.17) is 14.2 Å². The van der Waals surface area contributed by atoms with Gasteiger partial charge in [-0.25, -0.2) is 4.79 Å². The molecule has 2 aliphatic heterocycles. The third-order valence-corrected chi connectivity index (χ3v) is 4.87. The average molecular weight is 398 g/mol. The minimum Gasteiger partial charge on any atom is -0.457 e. The van der Waals surface area contributed by atoms with Gasteiger partial charge in [-0.1, -0.05) is 12.1 Å². The molecule has 4 rings (SSSR count). The number of carbonyl (C=O) groups is 2. The largest absolute Gasteiger partial charge is 0.457 e. The molecule has 0 bridgehead atoms. The van der Waals surface area contributed by atoms with Crippen LogP contribution in [0.15, 0.2) is 36.4 Å². The molecule has 2 aromatic rings. The lowest BCUT2D eigenvalue weighted by atomic mass is 10.1. The van der Waals surface area contributed by atoms with E-state index in [2.05, 4.69) is 0 Å². The number of carbonyl (C=O) groups excluding carboxylic acids is 2. The van der Waals surface area contributed by atoms with Crippen LogP contribution in [0.2, 0.25) is 0 Å². The van der Waals surface area contributed by atoms with Gasteiger partial charge in [-0.15, -0.1) is 0 Å². The van der Waals surface area contributed by atoms with Gasteiger partial charge in [-0.3, -0.25) is 14.9 Å². The first-order chi connectivity index (χ1) is 14.0. The molecular formula is C20H18N2O7. The van der Waals surface area contributed by atoms with Gasteiger partial charge in [-0.05, 0) is 30.5 Å². The molecule has 2 aliphatic rings. The quantitative estimate of drug-likeness (QED) is 0.433. The van der Waals surface area contributed by atoms with Gasteiger partial charge in [0.05, 0.1) is 11.0 Å². The Morgan fingerprint density at radius 2 is 1.72 bits per heavy atom. The van der Waals surface area contributed by atoms with Gasteiger partial charge in [0.2, 0.25) is 6.79 Å². The molecule has 29 heavy (non-hydrogen) atoms. The van der Waals surface area contributed by atoms with E-state index in [1.165, 1.54) is 6.07 Å². The fourth-order valence-corrected chi connectivity index (χ4v) is 3.32. The second kappa shape index (κ2) is 7.78. The maximum atomic E-state index is 12.4. The SMILES string of the molecule is O=C(OCc1ccc(C(=O)N2CCCC2)cc1)c1cc2c(cc1[N+](=O)[O-])OCO2. The summed E-state index contributed by atoms with van der Waals surface area (Å²) in [5.41, 5.74) is 0.624. The van der Waals surface area contributed by atoms with Gasteiger partial charge < -0.3 is 19.1 Å². The average Bonchev–Trinajstić information content (AvgIpc) is 3.42. The molecule has 0 saturated carbocycles. The van der Waals surface area contributed by atoms with Crippen molar-refractivity contribution in [1.29, 1.82) is 0 Å². The number of nitro groups is 1. The molecule has 0 spiro atoms. The van der Waals surface area contributed by atoms with E-state index in [1.54, 1.807) is 24.3 Å². The fourth-order valence-electron chi connectivity index (χ4n) is 3.32. The topological polar surface area (TPSA) is 108 Å². The van der Waals surface area contributed by atoms with Crippen LogP contribution in [0.4, 0.5) is 5.69 Å². The maximum absolute atomic E-state index is 12.4. The first-order valence-electron chi connectivity index (χ1n) is 9.16. The second-order valence-electron chi connectivity index (χ2n) is 6.75. The van der Waals surface area contributed by atoms with Crippen LogP contribution in [0, 0.1) is 10.1 Å². The summed E-state index contributed by atoms with van der Waals surface area (Å²) in [5, 5.41) is 11.3. The molecule has 0 radical (unpaired) electrons. The van der Waals surface area contributed by atoms with Crippen molar-refractivity contribution in [2.45, 2.75) is 19.4 Å². The van der Waals surface area contributed by atoms with Crippen molar-refractivity contribution >= 4 is 17.6 Å². The Kier molecular flexibility index (Phi) is 5.03. The highest BCUT2D eigenvalue weighted by Crippen LogP contribution is 2.38. The lowest BCUT2D eigenvalue weighted by molar-refractivity contribution is -0.385. The standard InChI is InChI=1S/C20H18N2O7/c23-19(21-7-1-2-8-21)14-5-3-13(4-6-14)11-27-20(24)15-9-17-18(29-12-28-17)10-16(15)22(25)26/h3-6,9-10H,1-2,7-8,11-12H2. The first-order valence-corrected chi connectivity index (χ1v) is 9.16. The van der Waals surface area contributed by atoms with Gasteiger partial charge in [0.25, 0.3) is 11.6 Å². The van der Waals surface area contributed by atoms with Crippen LogP contribution < -0.4 is 9.47 Å². The molecule has 0 atom stereocenters. The van der Waals surface area contributed by atoms with E-state index in [0.717, 1.165) is 32.0 Å². The number of likely N-dealkylation sites (tertiary alicyclic amines) is 1. The van der Waals surface area contributed by atoms with E-state index in [1.807, 2.05) is 4.90 Å². The van der Waals surface area contributed by atoms with E-state index in [9.17, 15) is 19.7 Å². The Bertz CT molecular complexity index is 966. The van der Waals surface area contributed by atoms with Crippen molar-refractivity contribution < 1.29 is 28.7 Å². The van der Waals surface area contributed by atoms with Gasteiger partial charge in [-0.2, -0.15) is 0 Å². The summed E-state index contributed by atoms with van der Waals surface area (Å²) in [6.45, 7) is 1.40. The zero-order chi connectivity index (χ0) is 20.4. The summed E-state index contributed by atoms with van der Waals surface area (Å²) in [7, 11) is 0. The summed E-state index contributed by atoms with van der Waals surface area (Å²) in [6.07, 6.45) is 2.04. The van der Waals surface area contributed by atoms with Crippen molar-refractivity contribution in [3.63, 3.8) is 0 Å². The molecule has 0 aromatic heterocycles. The molecule has 1 amide bonds. The van der Waals surface area contributed by atoms with Gasteiger partial charge in [0, 0.05) is 24.7 Å². The number of hydrogen-bond acceptors (Lipinski definition) is 7. The number of hydrogen-bond donors (Lipinski definition) is 0. The Morgan fingerprint density at radius 3 is 2.38 bits per heavy atom. The predicted molar refractivity (Wildman–Crippen MR) is 99.9 cm³/mol. The first kappa shape index (κ1) is 18.7. The third-order valence-electron chi connectivity index (χ3n) is 4.87. The molecule has 2 aromatic carbocycles. The highest BCUT2D eigenvalue weighted by Gasteiger charge is 2.28. The normalized spacial score (nSPS) is 14.7. The molecule has 0 aliphatic carbocycles. The van der Waals surface area contributed by atoms with Crippen molar-refractivity contribution in [1.82, 2.24) is 4.90 Å². The predicted octanol–water partition coefficient (Wildman–Crippen LogP) is 2.92. The van der Waals surface area contributed by atoms with Crippen molar-refractivity contribution in [3.8, 4) is 11.5 Å². The number of rotatable bonds is 5. The number of amides is 1. The Hall–Kier alpha value is -3.62. The molecule has 9 nitrogen and oxygen atoms in total. The lowest BCUT2D eigenvalue weighted by Gasteiger charge is -2.15. The van der Waals surface area contributed by atoms with E-state index < -0.39 is 16.6 Å². The van der Waals surface area contributed by atoms with Crippen molar-refractivity contribution in [3.05, 3.63) is 63.2 Å². The van der Waals surface area contributed by atoms with Gasteiger partial charge in [0.15, 0.2) is 11.5 Å². The Morgan fingerprint density at radius 1 is 1.07 bits per heavy atom. The zero-order valence-corrected chi connectivity index (χ0v) is 15.5. The minimum absolute atomic E-state index is 0.0120. The molecule has 2 heterocycles. The molecule has 0 unspecified atom stereocenters. The maximum Gasteiger partial charge on any atom is 0.345 e. The Labute approximate surface area is 165 Å². The summed E-state index contributed by atoms with van der Waals surface area (Å²) in [5.74, 6) is -0.381. The number of esters is 1. The minimum atomic E-state index is -0.841. The highest BCUT2D eigenvalue weighted by atomic mass is 16.7. The van der Waals surface area contributed by atoms with E-state index in [-0.39, 0.29) is 36.4 Å². The van der Waals surface area contributed by atoms with Crippen LogP contribution in [-0.4, -0.2) is 41.6 Å². The van der Waals surface area contributed by atoms with Crippen LogP contribution in [-0.2, 0) is 11.3 Å². The molecule has 1 saturated heterocycles.